The summed E-state index contributed by atoms with van der Waals surface area (Å²) < 4.78 is 0. The third-order valence-electron chi connectivity index (χ3n) is 8.01. The number of carbonyl (C=O) groups excluding carboxylic acids is 2. The van der Waals surface area contributed by atoms with Crippen LogP contribution in [0.4, 0.5) is 0 Å². The fraction of sp³-hybridized carbons (Fsp3) is 0.913. The van der Waals surface area contributed by atoms with Crippen LogP contribution in [0.5, 0.6) is 0 Å². The Hall–Kier alpha value is -0.810. The molecule has 4 aliphatic carbocycles. The first-order valence-corrected chi connectivity index (χ1v) is 11.7. The molecular formula is C23H40ClN3O2. The van der Waals surface area contributed by atoms with E-state index >= 15 is 0 Å². The van der Waals surface area contributed by atoms with Crippen LogP contribution < -0.4 is 16.0 Å². The van der Waals surface area contributed by atoms with E-state index in [-0.39, 0.29) is 35.6 Å². The normalized spacial score (nSPS) is 36.4. The highest BCUT2D eigenvalue weighted by molar-refractivity contribution is 5.90. The Morgan fingerprint density at radius 3 is 2.21 bits per heavy atom. The van der Waals surface area contributed by atoms with Crippen molar-refractivity contribution >= 4 is 24.2 Å². The highest BCUT2D eigenvalue weighted by atomic mass is 35.5. The molecule has 0 aromatic rings. The molecule has 2 unspecified atom stereocenters. The topological polar surface area (TPSA) is 70.2 Å². The monoisotopic (exact) mass is 425 g/mol. The van der Waals surface area contributed by atoms with Crippen molar-refractivity contribution in [2.45, 2.75) is 77.7 Å². The number of piperidine rings is 1. The minimum atomic E-state index is -0.412. The van der Waals surface area contributed by atoms with E-state index in [1.807, 2.05) is 13.8 Å². The van der Waals surface area contributed by atoms with Crippen molar-refractivity contribution in [3.8, 4) is 0 Å². The van der Waals surface area contributed by atoms with Crippen LogP contribution in [-0.4, -0.2) is 37.5 Å². The van der Waals surface area contributed by atoms with Gasteiger partial charge in [-0.25, -0.2) is 0 Å². The summed E-state index contributed by atoms with van der Waals surface area (Å²) in [6, 6.07) is -0.412. The maximum Gasteiger partial charge on any atom is 0.242 e. The molecular weight excluding hydrogens is 386 g/mol. The summed E-state index contributed by atoms with van der Waals surface area (Å²) >= 11 is 0. The van der Waals surface area contributed by atoms with Gasteiger partial charge in [-0.3, -0.25) is 9.59 Å². The van der Waals surface area contributed by atoms with Crippen molar-refractivity contribution in [2.24, 2.45) is 35.0 Å². The first kappa shape index (κ1) is 22.9. The quantitative estimate of drug-likeness (QED) is 0.586. The largest absolute Gasteiger partial charge is 0.354 e. The molecule has 1 aliphatic heterocycles. The molecule has 5 aliphatic rings. The molecule has 1 saturated heterocycles. The van der Waals surface area contributed by atoms with Gasteiger partial charge in [0.05, 0.1) is 0 Å². The van der Waals surface area contributed by atoms with Crippen LogP contribution in [0.3, 0.4) is 0 Å². The van der Waals surface area contributed by atoms with Crippen molar-refractivity contribution in [2.75, 3.05) is 19.6 Å². The maximum atomic E-state index is 13.3. The molecule has 5 fully saturated rings. The number of nitrogens with one attached hydrogen (secondary N) is 3. The Kier molecular flexibility index (Phi) is 7.53. The van der Waals surface area contributed by atoms with Gasteiger partial charge in [0, 0.05) is 12.0 Å². The predicted molar refractivity (Wildman–Crippen MR) is 118 cm³/mol. The Morgan fingerprint density at radius 2 is 1.69 bits per heavy atom. The highest BCUT2D eigenvalue weighted by Gasteiger charge is 2.55. The zero-order valence-corrected chi connectivity index (χ0v) is 19.0. The number of hydrogen-bond acceptors (Lipinski definition) is 3. The van der Waals surface area contributed by atoms with E-state index in [1.165, 1.54) is 32.1 Å². The standard InChI is InChI=1S/C23H39N3O2.ClH/c1-15(2)20(21(27)25-7-5-16-4-3-6-24-14-16)26-22(28)23-11-17-8-18(12-23)10-19(9-17)13-23;/h15-20,24H,3-14H2,1-2H3,(H,25,27)(H,26,28);1H. The van der Waals surface area contributed by atoms with Gasteiger partial charge in [0.2, 0.25) is 11.8 Å². The Bertz CT molecular complexity index is 553. The van der Waals surface area contributed by atoms with E-state index < -0.39 is 6.04 Å². The second-order valence-electron chi connectivity index (χ2n) is 10.7. The minimum Gasteiger partial charge on any atom is -0.354 e. The molecule has 0 spiro atoms. The van der Waals surface area contributed by atoms with E-state index in [1.54, 1.807) is 0 Å². The Labute approximate surface area is 182 Å². The smallest absolute Gasteiger partial charge is 0.242 e. The third kappa shape index (κ3) is 5.10. The van der Waals surface area contributed by atoms with Gasteiger partial charge >= 0.3 is 0 Å². The van der Waals surface area contributed by atoms with E-state index in [0.29, 0.717) is 12.5 Å². The highest BCUT2D eigenvalue weighted by Crippen LogP contribution is 2.60. The van der Waals surface area contributed by atoms with Gasteiger partial charge in [-0.2, -0.15) is 0 Å². The van der Waals surface area contributed by atoms with Crippen LogP contribution in [-0.2, 0) is 9.59 Å². The van der Waals surface area contributed by atoms with Gasteiger partial charge in [-0.15, -0.1) is 12.4 Å². The van der Waals surface area contributed by atoms with Gasteiger partial charge in [0.25, 0.3) is 0 Å². The van der Waals surface area contributed by atoms with Crippen LogP contribution >= 0.6 is 12.4 Å². The summed E-state index contributed by atoms with van der Waals surface area (Å²) in [5.74, 6) is 3.16. The van der Waals surface area contributed by atoms with Crippen LogP contribution in [0.2, 0.25) is 0 Å². The zero-order valence-electron chi connectivity index (χ0n) is 18.2. The van der Waals surface area contributed by atoms with Crippen LogP contribution in [0.15, 0.2) is 0 Å². The average Bonchev–Trinajstić information content (AvgIpc) is 2.65. The van der Waals surface area contributed by atoms with Crippen molar-refractivity contribution in [1.29, 1.82) is 0 Å². The van der Waals surface area contributed by atoms with E-state index in [0.717, 1.165) is 56.5 Å². The molecule has 6 heteroatoms. The molecule has 4 bridgehead atoms. The van der Waals surface area contributed by atoms with Gasteiger partial charge in [0.1, 0.15) is 6.04 Å². The summed E-state index contributed by atoms with van der Waals surface area (Å²) in [5.41, 5.74) is -0.185. The number of rotatable bonds is 7. The molecule has 4 saturated carbocycles. The third-order valence-corrected chi connectivity index (χ3v) is 8.01. The first-order chi connectivity index (χ1) is 13.4. The summed E-state index contributed by atoms with van der Waals surface area (Å²) in [7, 11) is 0. The fourth-order valence-electron chi connectivity index (χ4n) is 6.90. The van der Waals surface area contributed by atoms with Crippen LogP contribution in [0.1, 0.15) is 71.6 Å². The van der Waals surface area contributed by atoms with Gasteiger partial charge in [-0.1, -0.05) is 13.8 Å². The lowest BCUT2D eigenvalue weighted by Gasteiger charge is -2.55. The number of hydrogen-bond donors (Lipinski definition) is 3. The lowest BCUT2D eigenvalue weighted by Crippen LogP contribution is -2.58. The SMILES string of the molecule is CC(C)C(NC(=O)C12CC3CC(CC(C3)C1)C2)C(=O)NCCC1CCCNC1.Cl. The number of carbonyl (C=O) groups is 2. The lowest BCUT2D eigenvalue weighted by molar-refractivity contribution is -0.149. The number of amides is 2. The predicted octanol–water partition coefficient (Wildman–Crippen LogP) is 3.27. The summed E-state index contributed by atoms with van der Waals surface area (Å²) in [6.45, 7) is 6.97. The molecule has 5 nitrogen and oxygen atoms in total. The number of halogens is 1. The van der Waals surface area contributed by atoms with Crippen molar-refractivity contribution < 1.29 is 9.59 Å². The summed E-state index contributed by atoms with van der Waals surface area (Å²) in [5, 5.41) is 9.74. The van der Waals surface area contributed by atoms with Crippen molar-refractivity contribution in [3.05, 3.63) is 0 Å². The Morgan fingerprint density at radius 1 is 1.07 bits per heavy atom. The van der Waals surface area contributed by atoms with Crippen LogP contribution in [0, 0.1) is 35.0 Å². The van der Waals surface area contributed by atoms with E-state index in [4.69, 9.17) is 0 Å². The maximum absolute atomic E-state index is 13.3. The van der Waals surface area contributed by atoms with E-state index in [2.05, 4.69) is 16.0 Å². The first-order valence-electron chi connectivity index (χ1n) is 11.7. The molecule has 0 aromatic carbocycles. The molecule has 0 radical (unpaired) electrons. The fourth-order valence-corrected chi connectivity index (χ4v) is 6.90. The second-order valence-corrected chi connectivity index (χ2v) is 10.7. The molecule has 166 valence electrons. The van der Waals surface area contributed by atoms with Crippen molar-refractivity contribution in [3.63, 3.8) is 0 Å². The van der Waals surface area contributed by atoms with Crippen LogP contribution in [0.25, 0.3) is 0 Å². The molecule has 0 aromatic heterocycles. The molecule has 29 heavy (non-hydrogen) atoms. The zero-order chi connectivity index (χ0) is 19.7. The molecule has 5 rings (SSSR count). The van der Waals surface area contributed by atoms with Gasteiger partial charge in [0.15, 0.2) is 0 Å². The lowest BCUT2D eigenvalue weighted by atomic mass is 9.49. The van der Waals surface area contributed by atoms with E-state index in [9.17, 15) is 9.59 Å². The molecule has 2 atom stereocenters. The molecule has 1 heterocycles. The Balaban J connectivity index is 0.00000240. The molecule has 3 N–H and O–H groups in total. The molecule has 2 amide bonds. The minimum absolute atomic E-state index is 0. The van der Waals surface area contributed by atoms with Crippen molar-refractivity contribution in [1.82, 2.24) is 16.0 Å². The second kappa shape index (κ2) is 9.55. The average molecular weight is 426 g/mol. The summed E-state index contributed by atoms with van der Waals surface area (Å²) in [4.78, 5) is 26.2. The summed E-state index contributed by atoms with van der Waals surface area (Å²) in [6.07, 6.45) is 10.6. The van der Waals surface area contributed by atoms with Gasteiger partial charge in [-0.05, 0) is 100 Å². The van der Waals surface area contributed by atoms with Gasteiger partial charge < -0.3 is 16.0 Å².